The summed E-state index contributed by atoms with van der Waals surface area (Å²) in [6, 6.07) is 52.0. The summed E-state index contributed by atoms with van der Waals surface area (Å²) in [4.78, 5) is 11.2. The first-order valence-corrected chi connectivity index (χ1v) is 19.4. The molecule has 51 heavy (non-hydrogen) atoms. The largest absolute Gasteiger partial charge is 0.504 e. The summed E-state index contributed by atoms with van der Waals surface area (Å²) in [5, 5.41) is 12.7. The number of rotatable bonds is 9. The van der Waals surface area contributed by atoms with E-state index in [9.17, 15) is 26.7 Å². The van der Waals surface area contributed by atoms with Crippen LogP contribution in [0.3, 0.4) is 0 Å². The quantitative estimate of drug-likeness (QED) is 0.0681. The maximum absolute atomic E-state index is 13.8. The van der Waals surface area contributed by atoms with E-state index in [1.807, 2.05) is 152 Å². The second-order valence-electron chi connectivity index (χ2n) is 10.7. The summed E-state index contributed by atoms with van der Waals surface area (Å²) in [7, 11) is -3.60. The normalized spacial score (nSPS) is 11.3. The van der Waals surface area contributed by atoms with Gasteiger partial charge in [-0.25, -0.2) is 0 Å². The van der Waals surface area contributed by atoms with Gasteiger partial charge < -0.3 is 9.67 Å². The Balaban J connectivity index is 0.000000209. The molecule has 0 spiro atoms. The topological polar surface area (TPSA) is 71.4 Å². The molecule has 0 aliphatic heterocycles. The van der Waals surface area contributed by atoms with E-state index in [0.717, 1.165) is 38.4 Å². The van der Waals surface area contributed by atoms with Gasteiger partial charge >= 0.3 is 6.18 Å². The molecule has 0 unspecified atom stereocenters. The molecule has 1 radical (unpaired) electrons. The molecule has 6 rings (SSSR count). The molecular formula is C40H34EuF3O4PS2. The van der Waals surface area contributed by atoms with Crippen LogP contribution in [0.1, 0.15) is 20.8 Å². The maximum atomic E-state index is 13.8. The molecule has 11 heteroatoms. The van der Waals surface area contributed by atoms with Crippen LogP contribution in [-0.2, 0) is 26.9 Å². The first-order chi connectivity index (χ1) is 24.1. The summed E-state index contributed by atoms with van der Waals surface area (Å²) in [6.07, 6.45) is -4.70. The third-order valence-electron chi connectivity index (χ3n) is 7.02. The Morgan fingerprint density at radius 1 is 0.627 bits per heavy atom. The summed E-state index contributed by atoms with van der Waals surface area (Å²) in [5.74, 6) is -1.46. The Bertz CT molecular complexity index is 1850. The average molecular weight is 883 g/mol. The summed E-state index contributed by atoms with van der Waals surface area (Å²) >= 11 is 1.01. The molecule has 0 saturated heterocycles. The fourth-order valence-electron chi connectivity index (χ4n) is 4.63. The fourth-order valence-corrected chi connectivity index (χ4v) is 9.17. The van der Waals surface area contributed by atoms with E-state index in [4.69, 9.17) is 5.11 Å². The number of alkyl halides is 3. The van der Waals surface area contributed by atoms with Gasteiger partial charge in [-0.15, -0.1) is 11.3 Å². The van der Waals surface area contributed by atoms with Gasteiger partial charge in [-0.05, 0) is 22.6 Å². The number of aliphatic hydroxyl groups is 1. The van der Waals surface area contributed by atoms with Gasteiger partial charge in [-0.2, -0.15) is 13.2 Å². The van der Waals surface area contributed by atoms with Crippen LogP contribution in [0, 0.1) is 49.4 Å². The van der Waals surface area contributed by atoms with Crippen molar-refractivity contribution >= 4 is 51.0 Å². The van der Waals surface area contributed by atoms with Crippen molar-refractivity contribution in [1.82, 2.24) is 0 Å². The van der Waals surface area contributed by atoms with Crippen molar-refractivity contribution < 1.29 is 81.2 Å². The smallest absolute Gasteiger partial charge is 0.448 e. The Hall–Kier alpha value is -3.24. The van der Waals surface area contributed by atoms with Crippen LogP contribution in [0.4, 0.5) is 13.2 Å². The van der Waals surface area contributed by atoms with Crippen molar-refractivity contribution in [3.8, 4) is 0 Å². The molecule has 6 aromatic rings. The van der Waals surface area contributed by atoms with E-state index < -0.39 is 35.7 Å². The van der Waals surface area contributed by atoms with Crippen LogP contribution in [0.2, 0.25) is 0 Å². The summed E-state index contributed by atoms with van der Waals surface area (Å²) in [6.45, 7) is 0. The molecule has 0 saturated carbocycles. The molecule has 4 nitrogen and oxygen atoms in total. The second-order valence-corrected chi connectivity index (χ2v) is 15.9. The van der Waals surface area contributed by atoms with Gasteiger partial charge in [0.1, 0.15) is 0 Å². The Morgan fingerprint density at radius 3 is 1.29 bits per heavy atom. The SMILES string of the molecule is O=C(/C=C(\O)C(F)(F)F)c1cccs1.O=P(c1ccccc1)(c1ccccc1)c1ccccc1.O=S(Cc1ccccc1)Cc1ccccc1.[Eu]. The molecule has 5 aromatic carbocycles. The molecule has 0 fully saturated rings. The molecule has 0 atom stereocenters. The van der Waals surface area contributed by atoms with Gasteiger partial charge in [-0.3, -0.25) is 9.00 Å². The zero-order valence-corrected chi connectivity index (χ0v) is 32.1. The number of hydrogen-bond acceptors (Lipinski definition) is 5. The number of benzene rings is 5. The van der Waals surface area contributed by atoms with Crippen molar-refractivity contribution in [2.24, 2.45) is 0 Å². The van der Waals surface area contributed by atoms with Gasteiger partial charge in [0.2, 0.25) is 5.76 Å². The first kappa shape index (κ1) is 42.2. The van der Waals surface area contributed by atoms with Crippen molar-refractivity contribution in [1.29, 1.82) is 0 Å². The molecule has 1 heterocycles. The fraction of sp³-hybridized carbons (Fsp3) is 0.0750. The van der Waals surface area contributed by atoms with E-state index in [2.05, 4.69) is 0 Å². The number of carbonyl (C=O) groups excluding carboxylic acids is 1. The van der Waals surface area contributed by atoms with Gasteiger partial charge in [0.05, 0.1) is 4.88 Å². The van der Waals surface area contributed by atoms with Crippen LogP contribution in [0.25, 0.3) is 0 Å². The van der Waals surface area contributed by atoms with E-state index in [-0.39, 0.29) is 60.3 Å². The number of aliphatic hydroxyl groups excluding tert-OH is 1. The monoisotopic (exact) mass is 883 g/mol. The van der Waals surface area contributed by atoms with Crippen molar-refractivity contribution in [2.45, 2.75) is 17.7 Å². The minimum Gasteiger partial charge on any atom is -0.504 e. The molecule has 0 aliphatic rings. The molecule has 1 aromatic heterocycles. The number of thiophene rings is 1. The summed E-state index contributed by atoms with van der Waals surface area (Å²) in [5.41, 5.74) is 2.27. The van der Waals surface area contributed by atoms with E-state index in [1.165, 1.54) is 12.1 Å². The Kier molecular flexibility index (Phi) is 17.6. The predicted molar refractivity (Wildman–Crippen MR) is 200 cm³/mol. The van der Waals surface area contributed by atoms with E-state index >= 15 is 0 Å². The molecule has 0 bridgehead atoms. The van der Waals surface area contributed by atoms with Gasteiger partial charge in [-0.1, -0.05) is 158 Å². The Morgan fingerprint density at radius 2 is 0.980 bits per heavy atom. The van der Waals surface area contributed by atoms with Crippen molar-refractivity contribution in [3.05, 3.63) is 197 Å². The predicted octanol–water partition coefficient (Wildman–Crippen LogP) is 9.40. The third-order valence-corrected chi connectivity index (χ3v) is 12.3. The number of carbonyl (C=O) groups is 1. The van der Waals surface area contributed by atoms with Crippen LogP contribution < -0.4 is 15.9 Å². The van der Waals surface area contributed by atoms with Crippen molar-refractivity contribution in [2.75, 3.05) is 0 Å². The van der Waals surface area contributed by atoms with Crippen LogP contribution in [-0.4, -0.2) is 21.3 Å². The number of allylic oxidation sites excluding steroid dienone is 2. The minimum atomic E-state index is -4.87. The van der Waals surface area contributed by atoms with Crippen molar-refractivity contribution in [3.63, 3.8) is 0 Å². The summed E-state index contributed by atoms with van der Waals surface area (Å²) < 4.78 is 61.1. The molecule has 0 amide bonds. The first-order valence-electron chi connectivity index (χ1n) is 15.3. The van der Waals surface area contributed by atoms with E-state index in [1.54, 1.807) is 5.38 Å². The maximum Gasteiger partial charge on any atom is 0.448 e. The molecule has 1 N–H and O–H groups in total. The van der Waals surface area contributed by atoms with Crippen LogP contribution in [0.15, 0.2) is 181 Å². The van der Waals surface area contributed by atoms with Crippen LogP contribution >= 0.6 is 18.5 Å². The standard InChI is InChI=1S/C18H15OP.C14H14OS.C8H5F3O2S.Eu/c19-20(16-10-4-1-5-11-16,17-12-6-2-7-13-17)18-14-8-3-9-15-18;15-16(11-13-7-3-1-4-8-13)12-14-9-5-2-6-10-14;9-8(10,11)7(13)4-5(12)6-2-1-3-14-6;/h1-15H;1-10H,11-12H2;1-4,13H;/b;;7-4-;. The van der Waals surface area contributed by atoms with Gasteiger partial charge in [0, 0.05) is 93.7 Å². The van der Waals surface area contributed by atoms with Crippen LogP contribution in [0.5, 0.6) is 0 Å². The third kappa shape index (κ3) is 13.4. The molecule has 0 aliphatic carbocycles. The Labute approximate surface area is 343 Å². The molecular weight excluding hydrogens is 849 g/mol. The molecule has 263 valence electrons. The number of halogens is 3. The average Bonchev–Trinajstić information content (AvgIpc) is 3.69. The van der Waals surface area contributed by atoms with E-state index in [0.29, 0.717) is 11.5 Å². The zero-order chi connectivity index (χ0) is 35.8. The van der Waals surface area contributed by atoms with Gasteiger partial charge in [0.25, 0.3) is 0 Å². The van der Waals surface area contributed by atoms with Gasteiger partial charge in [0.15, 0.2) is 12.9 Å². The minimum absolute atomic E-state index is 0. The number of ketones is 1. The number of hydrogen-bond donors (Lipinski definition) is 1. The second kappa shape index (κ2) is 21.3. The zero-order valence-electron chi connectivity index (χ0n) is 27.1.